The highest BCUT2D eigenvalue weighted by Crippen LogP contribution is 2.16. The Morgan fingerprint density at radius 2 is 1.93 bits per heavy atom. The quantitative estimate of drug-likeness (QED) is 0.548. The van der Waals surface area contributed by atoms with Crippen molar-refractivity contribution in [2.24, 2.45) is 0 Å². The van der Waals surface area contributed by atoms with Crippen molar-refractivity contribution >= 4 is 0 Å². The monoisotopic (exact) mass is 202 g/mol. The van der Waals surface area contributed by atoms with Crippen molar-refractivity contribution in [3.05, 3.63) is 54.6 Å². The summed E-state index contributed by atoms with van der Waals surface area (Å²) in [7, 11) is 0. The zero-order chi connectivity index (χ0) is 10.9. The van der Waals surface area contributed by atoms with Gasteiger partial charge in [0.05, 0.1) is 0 Å². The third-order valence-corrected chi connectivity index (χ3v) is 2.28. The zero-order valence-corrected chi connectivity index (χ0v) is 9.02. The van der Waals surface area contributed by atoms with Crippen LogP contribution in [-0.4, -0.2) is 5.11 Å². The predicted octanol–water partition coefficient (Wildman–Crippen LogP) is 3.85. The molecule has 15 heavy (non-hydrogen) atoms. The molecule has 0 unspecified atom stereocenters. The number of para-hydroxylation sites is 1. The Morgan fingerprint density at radius 3 is 2.67 bits per heavy atom. The van der Waals surface area contributed by atoms with Crippen LogP contribution in [0.3, 0.4) is 0 Å². The number of aromatic hydroxyl groups is 1. The fourth-order valence-electron chi connectivity index (χ4n) is 1.39. The molecule has 1 aromatic rings. The molecule has 0 spiro atoms. The Balaban J connectivity index is 2.30. The molecule has 1 rings (SSSR count). The maximum atomic E-state index is 9.50. The van der Waals surface area contributed by atoms with Crippen molar-refractivity contribution < 1.29 is 5.11 Å². The van der Waals surface area contributed by atoms with Crippen LogP contribution in [0.15, 0.2) is 49.1 Å². The first-order chi connectivity index (χ1) is 7.34. The third kappa shape index (κ3) is 4.50. The van der Waals surface area contributed by atoms with Gasteiger partial charge >= 0.3 is 0 Å². The second-order valence-electron chi connectivity index (χ2n) is 3.52. The molecular formula is C14H18O. The smallest absolute Gasteiger partial charge is 0.119 e. The Kier molecular flexibility index (Phi) is 5.31. The topological polar surface area (TPSA) is 20.2 Å². The molecule has 0 saturated carbocycles. The summed E-state index contributed by atoms with van der Waals surface area (Å²) < 4.78 is 0. The molecule has 0 radical (unpaired) electrons. The lowest BCUT2D eigenvalue weighted by atomic mass is 10.1. The minimum atomic E-state index is 0.383. The average Bonchev–Trinajstić information content (AvgIpc) is 2.25. The van der Waals surface area contributed by atoms with Crippen LogP contribution >= 0.6 is 0 Å². The van der Waals surface area contributed by atoms with E-state index in [4.69, 9.17) is 0 Å². The molecule has 0 aliphatic carbocycles. The van der Waals surface area contributed by atoms with Gasteiger partial charge in [-0.15, -0.1) is 6.58 Å². The van der Waals surface area contributed by atoms with Gasteiger partial charge in [-0.2, -0.15) is 0 Å². The predicted molar refractivity (Wildman–Crippen MR) is 65.0 cm³/mol. The van der Waals surface area contributed by atoms with Crippen molar-refractivity contribution in [2.45, 2.75) is 25.7 Å². The number of allylic oxidation sites excluding steroid dienone is 3. The lowest BCUT2D eigenvalue weighted by Crippen LogP contribution is -1.81. The van der Waals surface area contributed by atoms with E-state index in [1.54, 1.807) is 6.07 Å². The Morgan fingerprint density at radius 1 is 1.13 bits per heavy atom. The van der Waals surface area contributed by atoms with Crippen LogP contribution < -0.4 is 0 Å². The Hall–Kier alpha value is -1.50. The molecule has 0 fully saturated rings. The van der Waals surface area contributed by atoms with E-state index in [2.05, 4.69) is 18.7 Å². The molecule has 80 valence electrons. The number of phenols is 1. The summed E-state index contributed by atoms with van der Waals surface area (Å²) in [5.74, 6) is 0.383. The second kappa shape index (κ2) is 6.88. The SMILES string of the molecule is C=CCCC/C=C/Cc1ccccc1O. The summed E-state index contributed by atoms with van der Waals surface area (Å²) in [5.41, 5.74) is 0.984. The summed E-state index contributed by atoms with van der Waals surface area (Å²) in [5, 5.41) is 9.50. The fraction of sp³-hybridized carbons (Fsp3) is 0.286. The van der Waals surface area contributed by atoms with E-state index in [1.807, 2.05) is 24.3 Å². The lowest BCUT2D eigenvalue weighted by Gasteiger charge is -1.99. The standard InChI is InChI=1S/C14H18O/c1-2-3-4-5-6-7-10-13-11-8-9-12-14(13)15/h2,6-9,11-12,15H,1,3-5,10H2/b7-6+. The molecule has 0 saturated heterocycles. The van der Waals surface area contributed by atoms with Gasteiger partial charge in [0.15, 0.2) is 0 Å². The first-order valence-electron chi connectivity index (χ1n) is 5.37. The summed E-state index contributed by atoms with van der Waals surface area (Å²) in [6, 6.07) is 7.46. The van der Waals surface area contributed by atoms with Crippen molar-refractivity contribution in [2.75, 3.05) is 0 Å². The van der Waals surface area contributed by atoms with Crippen LogP contribution in [0.4, 0.5) is 0 Å². The molecule has 1 N–H and O–H groups in total. The maximum Gasteiger partial charge on any atom is 0.119 e. The highest BCUT2D eigenvalue weighted by Gasteiger charge is 1.95. The summed E-state index contributed by atoms with van der Waals surface area (Å²) in [6.07, 6.45) is 10.3. The number of hydrogen-bond donors (Lipinski definition) is 1. The van der Waals surface area contributed by atoms with E-state index in [9.17, 15) is 5.11 Å². The second-order valence-corrected chi connectivity index (χ2v) is 3.52. The van der Waals surface area contributed by atoms with E-state index in [-0.39, 0.29) is 0 Å². The van der Waals surface area contributed by atoms with Gasteiger partial charge in [0.1, 0.15) is 5.75 Å². The van der Waals surface area contributed by atoms with E-state index >= 15 is 0 Å². The molecule has 0 aliphatic rings. The summed E-state index contributed by atoms with van der Waals surface area (Å²) in [6.45, 7) is 3.68. The van der Waals surface area contributed by atoms with E-state index in [1.165, 1.54) is 0 Å². The molecule has 0 bridgehead atoms. The number of hydrogen-bond acceptors (Lipinski definition) is 1. The molecule has 0 heterocycles. The number of benzene rings is 1. The number of phenolic OH excluding ortho intramolecular Hbond substituents is 1. The number of unbranched alkanes of at least 4 members (excludes halogenated alkanes) is 2. The molecule has 0 amide bonds. The first-order valence-corrected chi connectivity index (χ1v) is 5.37. The molecule has 0 aromatic heterocycles. The van der Waals surface area contributed by atoms with E-state index in [0.717, 1.165) is 31.2 Å². The van der Waals surface area contributed by atoms with Gasteiger partial charge in [-0.25, -0.2) is 0 Å². The normalized spacial score (nSPS) is 10.7. The van der Waals surface area contributed by atoms with Gasteiger partial charge in [-0.1, -0.05) is 36.4 Å². The van der Waals surface area contributed by atoms with E-state index < -0.39 is 0 Å². The van der Waals surface area contributed by atoms with Crippen LogP contribution in [0, 0.1) is 0 Å². The van der Waals surface area contributed by atoms with Crippen molar-refractivity contribution in [1.82, 2.24) is 0 Å². The van der Waals surface area contributed by atoms with Gasteiger partial charge in [-0.05, 0) is 37.3 Å². The van der Waals surface area contributed by atoms with Gasteiger partial charge < -0.3 is 5.11 Å². The van der Waals surface area contributed by atoms with Crippen molar-refractivity contribution in [3.63, 3.8) is 0 Å². The highest BCUT2D eigenvalue weighted by atomic mass is 16.3. The molecule has 1 aromatic carbocycles. The molecule has 0 aliphatic heterocycles. The van der Waals surface area contributed by atoms with Gasteiger partial charge in [-0.3, -0.25) is 0 Å². The van der Waals surface area contributed by atoms with Gasteiger partial charge in [0.25, 0.3) is 0 Å². The van der Waals surface area contributed by atoms with Crippen molar-refractivity contribution in [1.29, 1.82) is 0 Å². The largest absolute Gasteiger partial charge is 0.508 e. The minimum Gasteiger partial charge on any atom is -0.508 e. The minimum absolute atomic E-state index is 0.383. The zero-order valence-electron chi connectivity index (χ0n) is 9.02. The average molecular weight is 202 g/mol. The lowest BCUT2D eigenvalue weighted by molar-refractivity contribution is 0.469. The third-order valence-electron chi connectivity index (χ3n) is 2.28. The molecule has 1 nitrogen and oxygen atoms in total. The van der Waals surface area contributed by atoms with Crippen LogP contribution in [0.1, 0.15) is 24.8 Å². The summed E-state index contributed by atoms with van der Waals surface area (Å²) in [4.78, 5) is 0. The van der Waals surface area contributed by atoms with Crippen LogP contribution in [-0.2, 0) is 6.42 Å². The highest BCUT2D eigenvalue weighted by molar-refractivity contribution is 5.33. The van der Waals surface area contributed by atoms with Gasteiger partial charge in [0.2, 0.25) is 0 Å². The van der Waals surface area contributed by atoms with Gasteiger partial charge in [0, 0.05) is 0 Å². The molecule has 1 heteroatoms. The summed E-state index contributed by atoms with van der Waals surface area (Å²) >= 11 is 0. The Bertz CT molecular complexity index is 326. The first kappa shape index (κ1) is 11.6. The molecule has 0 atom stereocenters. The number of rotatable bonds is 6. The molecular weight excluding hydrogens is 184 g/mol. The fourth-order valence-corrected chi connectivity index (χ4v) is 1.39. The Labute approximate surface area is 91.8 Å². The van der Waals surface area contributed by atoms with Crippen LogP contribution in [0.2, 0.25) is 0 Å². The van der Waals surface area contributed by atoms with Crippen molar-refractivity contribution in [3.8, 4) is 5.75 Å². The van der Waals surface area contributed by atoms with Crippen LogP contribution in [0.25, 0.3) is 0 Å². The van der Waals surface area contributed by atoms with E-state index in [0.29, 0.717) is 5.75 Å². The maximum absolute atomic E-state index is 9.50. The van der Waals surface area contributed by atoms with Crippen LogP contribution in [0.5, 0.6) is 5.75 Å².